The molecule has 1 aliphatic heterocycles. The average molecular weight is 216 g/mol. The van der Waals surface area contributed by atoms with E-state index in [4.69, 9.17) is 0 Å². The summed E-state index contributed by atoms with van der Waals surface area (Å²) >= 11 is 2.01. The number of allylic oxidation sites excluding steroid dienone is 2. The minimum absolute atomic E-state index is 0.504. The van der Waals surface area contributed by atoms with E-state index in [1.165, 1.54) is 11.3 Å². The number of hydrogen-bond donors (Lipinski definition) is 0. The second kappa shape index (κ2) is 8.40. The van der Waals surface area contributed by atoms with E-state index < -0.39 is 0 Å². The molecule has 1 atom stereocenters. The second-order valence-electron chi connectivity index (χ2n) is 3.77. The lowest BCUT2D eigenvalue weighted by Gasteiger charge is -2.34. The van der Waals surface area contributed by atoms with Crippen molar-refractivity contribution in [3.63, 3.8) is 0 Å². The molecule has 0 bridgehead atoms. The van der Waals surface area contributed by atoms with Crippen LogP contribution < -0.4 is 0 Å². The van der Waals surface area contributed by atoms with Crippen LogP contribution in [0.15, 0.2) is 11.0 Å². The van der Waals surface area contributed by atoms with Gasteiger partial charge in [0.15, 0.2) is 0 Å². The molecule has 0 aromatic rings. The fraction of sp³-hybridized carbons (Fsp3) is 0.846. The van der Waals surface area contributed by atoms with Crippen LogP contribution in [0.1, 0.15) is 61.8 Å². The molecular weight excluding hydrogens is 188 g/mol. The maximum Gasteiger partial charge on any atom is 0.0117 e. The highest BCUT2D eigenvalue weighted by Crippen LogP contribution is 2.42. The van der Waals surface area contributed by atoms with Gasteiger partial charge in [0.1, 0.15) is 0 Å². The van der Waals surface area contributed by atoms with E-state index in [2.05, 4.69) is 33.8 Å². The van der Waals surface area contributed by atoms with Crippen LogP contribution in [-0.2, 0) is 0 Å². The van der Waals surface area contributed by atoms with Crippen LogP contribution in [0.2, 0.25) is 0 Å². The zero-order chi connectivity index (χ0) is 11.8. The topological polar surface area (TPSA) is 0 Å². The van der Waals surface area contributed by atoms with Gasteiger partial charge < -0.3 is 0 Å². The van der Waals surface area contributed by atoms with Gasteiger partial charge in [0, 0.05) is 5.25 Å². The first kappa shape index (κ1) is 16.5. The van der Waals surface area contributed by atoms with Gasteiger partial charge >= 0.3 is 0 Å². The van der Waals surface area contributed by atoms with E-state index in [0.717, 1.165) is 5.25 Å². The average Bonchev–Trinajstić information content (AvgIpc) is 2.19. The molecule has 0 amide bonds. The SMILES string of the molecule is CC.CC.CC1=CCC(C)(C)C(C)S1. The predicted molar refractivity (Wildman–Crippen MR) is 71.9 cm³/mol. The number of thioether (sulfide) groups is 1. The van der Waals surface area contributed by atoms with Crippen LogP contribution in [-0.4, -0.2) is 5.25 Å². The van der Waals surface area contributed by atoms with Gasteiger partial charge in [0.2, 0.25) is 0 Å². The predicted octanol–water partition coefficient (Wildman–Crippen LogP) is 5.49. The molecule has 0 radical (unpaired) electrons. The third-order valence-electron chi connectivity index (χ3n) is 2.38. The molecule has 0 saturated heterocycles. The van der Waals surface area contributed by atoms with Gasteiger partial charge in [-0.1, -0.05) is 54.5 Å². The van der Waals surface area contributed by atoms with E-state index in [1.54, 1.807) is 0 Å². The van der Waals surface area contributed by atoms with Gasteiger partial charge in [-0.2, -0.15) is 0 Å². The summed E-state index contributed by atoms with van der Waals surface area (Å²) in [6.07, 6.45) is 3.59. The molecule has 86 valence electrons. The number of rotatable bonds is 0. The summed E-state index contributed by atoms with van der Waals surface area (Å²) < 4.78 is 0. The molecule has 1 aliphatic rings. The smallest absolute Gasteiger partial charge is 0.0117 e. The highest BCUT2D eigenvalue weighted by atomic mass is 32.2. The van der Waals surface area contributed by atoms with E-state index in [0.29, 0.717) is 5.41 Å². The molecule has 1 heteroatoms. The largest absolute Gasteiger partial charge is 0.128 e. The highest BCUT2D eigenvalue weighted by molar-refractivity contribution is 8.03. The zero-order valence-electron chi connectivity index (χ0n) is 11.3. The van der Waals surface area contributed by atoms with Crippen molar-refractivity contribution in [1.29, 1.82) is 0 Å². The Labute approximate surface area is 95.6 Å². The standard InChI is InChI=1S/C9H16S.2C2H6/c1-7-5-6-9(3,4)8(2)10-7;2*1-2/h5,8H,6H2,1-4H3;2*1-2H3. The lowest BCUT2D eigenvalue weighted by molar-refractivity contribution is 0.365. The van der Waals surface area contributed by atoms with E-state index in [1.807, 2.05) is 39.5 Å². The van der Waals surface area contributed by atoms with Gasteiger partial charge in [-0.3, -0.25) is 0 Å². The van der Waals surface area contributed by atoms with Gasteiger partial charge in [0.05, 0.1) is 0 Å². The Morgan fingerprint density at radius 1 is 1.21 bits per heavy atom. The molecule has 0 spiro atoms. The molecule has 0 fully saturated rings. The lowest BCUT2D eigenvalue weighted by atomic mass is 9.85. The molecule has 0 nitrogen and oxygen atoms in total. The second-order valence-corrected chi connectivity index (χ2v) is 5.35. The normalized spacial score (nSPS) is 23.4. The molecule has 14 heavy (non-hydrogen) atoms. The van der Waals surface area contributed by atoms with Crippen molar-refractivity contribution >= 4 is 11.8 Å². The first-order valence-electron chi connectivity index (χ1n) is 5.86. The van der Waals surface area contributed by atoms with Crippen molar-refractivity contribution in [2.24, 2.45) is 5.41 Å². The van der Waals surface area contributed by atoms with Gasteiger partial charge in [-0.05, 0) is 23.7 Å². The molecule has 1 unspecified atom stereocenters. The Balaban J connectivity index is 0. The maximum absolute atomic E-state index is 2.35. The zero-order valence-corrected chi connectivity index (χ0v) is 12.1. The third-order valence-corrected chi connectivity index (χ3v) is 3.91. The Morgan fingerprint density at radius 3 is 1.93 bits per heavy atom. The Morgan fingerprint density at radius 2 is 1.64 bits per heavy atom. The van der Waals surface area contributed by atoms with Crippen LogP contribution in [0.4, 0.5) is 0 Å². The lowest BCUT2D eigenvalue weighted by Crippen LogP contribution is -2.25. The fourth-order valence-corrected chi connectivity index (χ4v) is 2.21. The quantitative estimate of drug-likeness (QED) is 0.515. The van der Waals surface area contributed by atoms with Crippen molar-refractivity contribution in [3.8, 4) is 0 Å². The molecular formula is C13H28S. The third kappa shape index (κ3) is 5.74. The van der Waals surface area contributed by atoms with Crippen molar-refractivity contribution < 1.29 is 0 Å². The Hall–Kier alpha value is 0.0900. The highest BCUT2D eigenvalue weighted by Gasteiger charge is 2.28. The van der Waals surface area contributed by atoms with Crippen molar-refractivity contribution in [3.05, 3.63) is 11.0 Å². The van der Waals surface area contributed by atoms with Crippen molar-refractivity contribution in [2.75, 3.05) is 0 Å². The minimum atomic E-state index is 0.504. The summed E-state index contributed by atoms with van der Waals surface area (Å²) in [4.78, 5) is 1.49. The summed E-state index contributed by atoms with van der Waals surface area (Å²) in [7, 11) is 0. The summed E-state index contributed by atoms with van der Waals surface area (Å²) in [5.41, 5.74) is 0.504. The first-order chi connectivity index (χ1) is 6.52. The van der Waals surface area contributed by atoms with E-state index >= 15 is 0 Å². The first-order valence-corrected chi connectivity index (χ1v) is 6.74. The molecule has 0 N–H and O–H groups in total. The summed E-state index contributed by atoms with van der Waals surface area (Å²) in [6.45, 7) is 17.2. The fourth-order valence-electron chi connectivity index (χ4n) is 1.06. The molecule has 0 saturated carbocycles. The summed E-state index contributed by atoms with van der Waals surface area (Å²) in [6, 6.07) is 0. The molecule has 1 rings (SSSR count). The van der Waals surface area contributed by atoms with Crippen LogP contribution in [0.25, 0.3) is 0 Å². The summed E-state index contributed by atoms with van der Waals surface area (Å²) in [5.74, 6) is 0. The van der Waals surface area contributed by atoms with E-state index in [-0.39, 0.29) is 0 Å². The van der Waals surface area contributed by atoms with Crippen LogP contribution in [0, 0.1) is 5.41 Å². The molecule has 0 aromatic heterocycles. The number of hydrogen-bond acceptors (Lipinski definition) is 1. The van der Waals surface area contributed by atoms with Gasteiger partial charge in [-0.15, -0.1) is 11.8 Å². The van der Waals surface area contributed by atoms with Crippen LogP contribution in [0.3, 0.4) is 0 Å². The Bertz CT molecular complexity index is 157. The van der Waals surface area contributed by atoms with Gasteiger partial charge in [0.25, 0.3) is 0 Å². The van der Waals surface area contributed by atoms with Crippen LogP contribution >= 0.6 is 11.8 Å². The van der Waals surface area contributed by atoms with Crippen molar-refractivity contribution in [1.82, 2.24) is 0 Å². The minimum Gasteiger partial charge on any atom is -0.128 e. The molecule has 0 aromatic carbocycles. The van der Waals surface area contributed by atoms with Gasteiger partial charge in [-0.25, -0.2) is 0 Å². The van der Waals surface area contributed by atoms with E-state index in [9.17, 15) is 0 Å². The monoisotopic (exact) mass is 216 g/mol. The summed E-state index contributed by atoms with van der Waals surface area (Å²) in [5, 5.41) is 0.775. The molecule has 1 heterocycles. The Kier molecular flexibility index (Phi) is 9.91. The maximum atomic E-state index is 2.35. The van der Waals surface area contributed by atoms with Crippen molar-refractivity contribution in [2.45, 2.75) is 67.1 Å². The van der Waals surface area contributed by atoms with Crippen LogP contribution in [0.5, 0.6) is 0 Å². The molecule has 0 aliphatic carbocycles.